The molecule has 84 valence electrons. The molecule has 1 heterocycles. The van der Waals surface area contributed by atoms with Crippen LogP contribution in [0.15, 0.2) is 30.0 Å². The number of ketones is 1. The molecule has 0 saturated heterocycles. The first-order chi connectivity index (χ1) is 7.70. The van der Waals surface area contributed by atoms with Crippen LogP contribution in [0.25, 0.3) is 0 Å². The number of benzene rings is 1. The molecule has 1 aromatic carbocycles. The molecule has 1 aromatic rings. The molecule has 0 atom stereocenters. The Labute approximate surface area is 97.7 Å². The Hall–Kier alpha value is -1.35. The highest BCUT2D eigenvalue weighted by atomic mass is 35.5. The van der Waals surface area contributed by atoms with Crippen LogP contribution < -0.4 is 0 Å². The van der Waals surface area contributed by atoms with Crippen LogP contribution in [0.3, 0.4) is 0 Å². The summed E-state index contributed by atoms with van der Waals surface area (Å²) in [5, 5.41) is -0.0535. The van der Waals surface area contributed by atoms with Crippen LogP contribution in [0.1, 0.15) is 23.2 Å². The Morgan fingerprint density at radius 1 is 1.44 bits per heavy atom. The molecule has 1 aliphatic heterocycles. The van der Waals surface area contributed by atoms with E-state index >= 15 is 0 Å². The van der Waals surface area contributed by atoms with E-state index in [4.69, 9.17) is 16.3 Å². The normalized spacial score (nSPS) is 15.2. The minimum atomic E-state index is -0.691. The predicted molar refractivity (Wildman–Crippen MR) is 59.0 cm³/mol. The second-order valence-corrected chi connectivity index (χ2v) is 3.90. The summed E-state index contributed by atoms with van der Waals surface area (Å²) in [5.41, 5.74) is -0.0411. The molecule has 0 bridgehead atoms. The highest BCUT2D eigenvalue weighted by Gasteiger charge is 2.20. The monoisotopic (exact) mass is 240 g/mol. The molecule has 0 saturated carbocycles. The largest absolute Gasteiger partial charge is 0.490 e. The Morgan fingerprint density at radius 3 is 2.94 bits per heavy atom. The van der Waals surface area contributed by atoms with Gasteiger partial charge >= 0.3 is 0 Å². The van der Waals surface area contributed by atoms with Crippen molar-refractivity contribution >= 4 is 17.4 Å². The molecule has 0 amide bonds. The summed E-state index contributed by atoms with van der Waals surface area (Å²) in [6.45, 7) is 0.500. The fraction of sp³-hybridized carbons (Fsp3) is 0.250. The summed E-state index contributed by atoms with van der Waals surface area (Å²) in [4.78, 5) is 11.9. The summed E-state index contributed by atoms with van der Waals surface area (Å²) in [7, 11) is 0. The molecule has 2 nitrogen and oxygen atoms in total. The van der Waals surface area contributed by atoms with Gasteiger partial charge in [0, 0.05) is 0 Å². The lowest BCUT2D eigenvalue weighted by atomic mass is 10.1. The van der Waals surface area contributed by atoms with Crippen LogP contribution in [-0.2, 0) is 4.74 Å². The van der Waals surface area contributed by atoms with Crippen LogP contribution in [-0.4, -0.2) is 12.4 Å². The first-order valence-corrected chi connectivity index (χ1v) is 5.39. The summed E-state index contributed by atoms with van der Waals surface area (Å²) in [5.74, 6) is -0.920. The third-order valence-corrected chi connectivity index (χ3v) is 2.65. The van der Waals surface area contributed by atoms with Crippen molar-refractivity contribution in [2.75, 3.05) is 6.61 Å². The maximum absolute atomic E-state index is 13.6. The number of rotatable bonds is 2. The fourth-order valence-corrected chi connectivity index (χ4v) is 1.70. The van der Waals surface area contributed by atoms with E-state index < -0.39 is 11.6 Å². The van der Waals surface area contributed by atoms with Crippen molar-refractivity contribution in [1.29, 1.82) is 0 Å². The Balaban J connectivity index is 2.33. The number of ether oxygens (including phenoxy) is 1. The Morgan fingerprint density at radius 2 is 2.25 bits per heavy atom. The average Bonchev–Trinajstić information content (AvgIpc) is 2.33. The summed E-state index contributed by atoms with van der Waals surface area (Å²) in [6, 6.07) is 4.36. The smallest absolute Gasteiger partial charge is 0.230 e. The van der Waals surface area contributed by atoms with Crippen LogP contribution in [0, 0.1) is 5.82 Å². The zero-order valence-electron chi connectivity index (χ0n) is 8.50. The van der Waals surface area contributed by atoms with Gasteiger partial charge in [-0.2, -0.15) is 0 Å². The molecule has 0 spiro atoms. The molecule has 1 aliphatic rings. The number of hydrogen-bond donors (Lipinski definition) is 0. The zero-order valence-corrected chi connectivity index (χ0v) is 9.26. The molecule has 0 radical (unpaired) electrons. The minimum absolute atomic E-state index is 0.0411. The van der Waals surface area contributed by atoms with Crippen molar-refractivity contribution < 1.29 is 13.9 Å². The third kappa shape index (κ3) is 2.09. The van der Waals surface area contributed by atoms with E-state index in [1.54, 1.807) is 12.1 Å². The van der Waals surface area contributed by atoms with Gasteiger partial charge in [-0.15, -0.1) is 0 Å². The molecule has 0 fully saturated rings. The van der Waals surface area contributed by atoms with Crippen LogP contribution in [0.5, 0.6) is 0 Å². The molecule has 0 unspecified atom stereocenters. The average molecular weight is 241 g/mol. The first-order valence-electron chi connectivity index (χ1n) is 5.02. The maximum Gasteiger partial charge on any atom is 0.230 e. The van der Waals surface area contributed by atoms with Crippen molar-refractivity contribution in [1.82, 2.24) is 0 Å². The number of carbonyl (C=O) groups excluding carboxylic acids is 1. The first kappa shape index (κ1) is 11.1. The van der Waals surface area contributed by atoms with Crippen molar-refractivity contribution in [2.45, 2.75) is 12.8 Å². The maximum atomic E-state index is 13.6. The Bertz CT molecular complexity index is 454. The molecule has 4 heteroatoms. The van der Waals surface area contributed by atoms with E-state index in [1.165, 1.54) is 12.1 Å². The van der Waals surface area contributed by atoms with E-state index in [0.29, 0.717) is 6.61 Å². The molecular formula is C12H10ClFO2. The van der Waals surface area contributed by atoms with Gasteiger partial charge in [-0.05, 0) is 31.1 Å². The number of hydrogen-bond acceptors (Lipinski definition) is 2. The van der Waals surface area contributed by atoms with Crippen molar-refractivity contribution in [3.8, 4) is 0 Å². The molecular weight excluding hydrogens is 231 g/mol. The van der Waals surface area contributed by atoms with Crippen LogP contribution >= 0.6 is 11.6 Å². The van der Waals surface area contributed by atoms with Gasteiger partial charge in [0.15, 0.2) is 11.6 Å². The van der Waals surface area contributed by atoms with Gasteiger partial charge in [0.05, 0.1) is 17.2 Å². The number of allylic oxidation sites excluding steroid dienone is 2. The lowest BCUT2D eigenvalue weighted by Gasteiger charge is -2.14. The van der Waals surface area contributed by atoms with Gasteiger partial charge in [0.2, 0.25) is 5.78 Å². The van der Waals surface area contributed by atoms with Gasteiger partial charge in [0.1, 0.15) is 0 Å². The molecule has 0 aromatic heterocycles. The van der Waals surface area contributed by atoms with Gasteiger partial charge in [-0.3, -0.25) is 4.79 Å². The van der Waals surface area contributed by atoms with E-state index in [1.807, 2.05) is 0 Å². The quantitative estimate of drug-likeness (QED) is 0.741. The topological polar surface area (TPSA) is 26.3 Å². The minimum Gasteiger partial charge on any atom is -0.490 e. The van der Waals surface area contributed by atoms with Crippen molar-refractivity contribution in [2.24, 2.45) is 0 Å². The van der Waals surface area contributed by atoms with Gasteiger partial charge in [-0.25, -0.2) is 4.39 Å². The third-order valence-electron chi connectivity index (χ3n) is 2.36. The van der Waals surface area contributed by atoms with E-state index in [-0.39, 0.29) is 16.3 Å². The Kier molecular flexibility index (Phi) is 3.25. The predicted octanol–water partition coefficient (Wildman–Crippen LogP) is 3.36. The van der Waals surface area contributed by atoms with Gasteiger partial charge in [-0.1, -0.05) is 17.7 Å². The highest BCUT2D eigenvalue weighted by Crippen LogP contribution is 2.22. The summed E-state index contributed by atoms with van der Waals surface area (Å²) >= 11 is 5.61. The van der Waals surface area contributed by atoms with Gasteiger partial charge in [0.25, 0.3) is 0 Å². The van der Waals surface area contributed by atoms with E-state index in [0.717, 1.165) is 12.8 Å². The number of halogens is 2. The second kappa shape index (κ2) is 4.66. The molecule has 16 heavy (non-hydrogen) atoms. The summed E-state index contributed by atoms with van der Waals surface area (Å²) in [6.07, 6.45) is 3.35. The SMILES string of the molecule is O=C(C1=CCCCO1)c1cccc(Cl)c1F. The van der Waals surface area contributed by atoms with Crippen LogP contribution in [0.4, 0.5) is 4.39 Å². The van der Waals surface area contributed by atoms with Crippen molar-refractivity contribution in [3.05, 3.63) is 46.4 Å². The van der Waals surface area contributed by atoms with Crippen LogP contribution in [0.2, 0.25) is 5.02 Å². The number of carbonyl (C=O) groups is 1. The van der Waals surface area contributed by atoms with E-state index in [2.05, 4.69) is 0 Å². The van der Waals surface area contributed by atoms with Gasteiger partial charge < -0.3 is 4.74 Å². The lowest BCUT2D eigenvalue weighted by Crippen LogP contribution is -2.12. The number of Topliss-reactive ketones (excluding diaryl/α,β-unsaturated/α-hetero) is 1. The second-order valence-electron chi connectivity index (χ2n) is 3.49. The lowest BCUT2D eigenvalue weighted by molar-refractivity contribution is 0.0895. The molecule has 0 aliphatic carbocycles. The van der Waals surface area contributed by atoms with E-state index in [9.17, 15) is 9.18 Å². The summed E-state index contributed by atoms with van der Waals surface area (Å²) < 4.78 is 18.8. The molecule has 2 rings (SSSR count). The highest BCUT2D eigenvalue weighted by molar-refractivity contribution is 6.31. The van der Waals surface area contributed by atoms with Crippen molar-refractivity contribution in [3.63, 3.8) is 0 Å². The molecule has 0 N–H and O–H groups in total. The fourth-order valence-electron chi connectivity index (χ4n) is 1.53. The standard InChI is InChI=1S/C12H10ClFO2/c13-9-5-3-4-8(11(9)14)12(15)10-6-1-2-7-16-10/h3-6H,1-2,7H2. The zero-order chi connectivity index (χ0) is 11.5.